The number of halogens is 2. The lowest BCUT2D eigenvalue weighted by atomic mass is 9.84. The average molecular weight is 344 g/mol. The fraction of sp³-hybridized carbons (Fsp3) is 0.600. The molecule has 1 N–H and O–H groups in total. The van der Waals surface area contributed by atoms with E-state index in [2.05, 4.69) is 21.2 Å². The van der Waals surface area contributed by atoms with Gasteiger partial charge in [0.2, 0.25) is 0 Å². The van der Waals surface area contributed by atoms with E-state index in [1.54, 1.807) is 12.1 Å². The Morgan fingerprint density at radius 1 is 1.25 bits per heavy atom. The summed E-state index contributed by atoms with van der Waals surface area (Å²) < 4.78 is 26.1. The number of nitrogens with one attached hydrogen (secondary N) is 1. The van der Waals surface area contributed by atoms with Crippen LogP contribution in [0.2, 0.25) is 0 Å². The van der Waals surface area contributed by atoms with Gasteiger partial charge in [0.1, 0.15) is 5.82 Å². The molecule has 20 heavy (non-hydrogen) atoms. The Labute approximate surface area is 127 Å². The van der Waals surface area contributed by atoms with Gasteiger partial charge in [-0.15, -0.1) is 0 Å². The van der Waals surface area contributed by atoms with Gasteiger partial charge in [0.15, 0.2) is 0 Å². The summed E-state index contributed by atoms with van der Waals surface area (Å²) >= 11 is 3.38. The van der Waals surface area contributed by atoms with Crippen molar-refractivity contribution < 1.29 is 13.9 Å². The molecule has 3 nitrogen and oxygen atoms in total. The molecule has 1 unspecified atom stereocenters. The van der Waals surface area contributed by atoms with Crippen LogP contribution in [0.3, 0.4) is 0 Å². The van der Waals surface area contributed by atoms with Gasteiger partial charge >= 0.3 is 0 Å². The van der Waals surface area contributed by atoms with E-state index >= 15 is 0 Å². The van der Waals surface area contributed by atoms with E-state index in [9.17, 15) is 4.39 Å². The van der Waals surface area contributed by atoms with Gasteiger partial charge in [-0.25, -0.2) is 4.39 Å². The van der Waals surface area contributed by atoms with E-state index in [1.165, 1.54) is 6.07 Å². The minimum atomic E-state index is -0.208. The van der Waals surface area contributed by atoms with Crippen molar-refractivity contribution in [2.75, 3.05) is 25.1 Å². The van der Waals surface area contributed by atoms with Crippen LogP contribution in [0.15, 0.2) is 22.7 Å². The maximum atomic E-state index is 13.8. The zero-order valence-electron chi connectivity index (χ0n) is 11.3. The lowest BCUT2D eigenvalue weighted by Gasteiger charge is -2.43. The second-order valence-corrected chi connectivity index (χ2v) is 6.52. The molecule has 2 heterocycles. The molecule has 0 radical (unpaired) electrons. The Hall–Kier alpha value is -0.650. The summed E-state index contributed by atoms with van der Waals surface area (Å²) in [5.41, 5.74) is 0.491. The van der Waals surface area contributed by atoms with Crippen LogP contribution in [0, 0.1) is 5.82 Å². The number of hydrogen-bond donors (Lipinski definition) is 1. The molecule has 1 aromatic carbocycles. The van der Waals surface area contributed by atoms with Gasteiger partial charge in [-0.1, -0.05) is 15.9 Å². The van der Waals surface area contributed by atoms with Gasteiger partial charge in [0.25, 0.3) is 0 Å². The van der Waals surface area contributed by atoms with Crippen molar-refractivity contribution in [3.63, 3.8) is 0 Å². The van der Waals surface area contributed by atoms with Gasteiger partial charge in [0, 0.05) is 30.3 Å². The summed E-state index contributed by atoms with van der Waals surface area (Å²) in [5.74, 6) is -0.208. The molecule has 0 amide bonds. The number of ether oxygens (including phenoxy) is 2. The van der Waals surface area contributed by atoms with Gasteiger partial charge < -0.3 is 14.8 Å². The minimum Gasteiger partial charge on any atom is -0.381 e. The second kappa shape index (κ2) is 6.00. The second-order valence-electron chi connectivity index (χ2n) is 5.60. The van der Waals surface area contributed by atoms with Gasteiger partial charge in [-0.05, 0) is 43.9 Å². The van der Waals surface area contributed by atoms with Crippen molar-refractivity contribution in [3.05, 3.63) is 28.5 Å². The predicted octanol–water partition coefficient (Wildman–Crippen LogP) is 3.73. The highest BCUT2D eigenvalue weighted by Gasteiger charge is 2.39. The molecule has 2 saturated heterocycles. The summed E-state index contributed by atoms with van der Waals surface area (Å²) in [6, 6.07) is 5.24. The maximum absolute atomic E-state index is 13.8. The minimum absolute atomic E-state index is 0.0728. The van der Waals surface area contributed by atoms with Crippen molar-refractivity contribution in [2.45, 2.75) is 37.3 Å². The molecule has 0 aromatic heterocycles. The molecule has 2 aliphatic rings. The molecule has 110 valence electrons. The van der Waals surface area contributed by atoms with Crippen LogP contribution in [0.25, 0.3) is 0 Å². The summed E-state index contributed by atoms with van der Waals surface area (Å²) in [4.78, 5) is 0. The molecule has 2 aliphatic heterocycles. The van der Waals surface area contributed by atoms with Crippen LogP contribution in [-0.4, -0.2) is 31.5 Å². The first kappa shape index (κ1) is 14.3. The van der Waals surface area contributed by atoms with Crippen molar-refractivity contribution in [3.8, 4) is 0 Å². The molecule has 5 heteroatoms. The highest BCUT2D eigenvalue weighted by atomic mass is 79.9. The van der Waals surface area contributed by atoms with Crippen LogP contribution in [0.4, 0.5) is 10.1 Å². The fourth-order valence-corrected chi connectivity index (χ4v) is 3.43. The number of anilines is 1. The van der Waals surface area contributed by atoms with Crippen molar-refractivity contribution in [2.24, 2.45) is 0 Å². The molecule has 1 atom stereocenters. The molecule has 3 rings (SSSR count). The monoisotopic (exact) mass is 343 g/mol. The Balaban J connectivity index is 1.69. The third-order valence-corrected chi connectivity index (χ3v) is 4.68. The van der Waals surface area contributed by atoms with Gasteiger partial charge in [-0.2, -0.15) is 0 Å². The molecule has 0 aliphatic carbocycles. The molecule has 0 saturated carbocycles. The van der Waals surface area contributed by atoms with E-state index in [0.717, 1.165) is 50.0 Å². The first-order chi connectivity index (χ1) is 9.67. The SMILES string of the molecule is Fc1ccc(Br)cc1NC1CCOC2(CCOCC2)C1. The zero-order chi connectivity index (χ0) is 14.0. The molecular weight excluding hydrogens is 325 g/mol. The third kappa shape index (κ3) is 3.15. The lowest BCUT2D eigenvalue weighted by Crippen LogP contribution is -2.47. The Morgan fingerprint density at radius 3 is 2.85 bits per heavy atom. The van der Waals surface area contributed by atoms with E-state index < -0.39 is 0 Å². The van der Waals surface area contributed by atoms with E-state index in [4.69, 9.17) is 9.47 Å². The largest absolute Gasteiger partial charge is 0.381 e. The maximum Gasteiger partial charge on any atom is 0.146 e. The zero-order valence-corrected chi connectivity index (χ0v) is 12.9. The Kier molecular flexibility index (Phi) is 4.29. The molecule has 2 fully saturated rings. The van der Waals surface area contributed by atoms with Crippen LogP contribution < -0.4 is 5.32 Å². The summed E-state index contributed by atoms with van der Waals surface area (Å²) in [5, 5.41) is 3.34. The van der Waals surface area contributed by atoms with Crippen LogP contribution in [0.1, 0.15) is 25.7 Å². The summed E-state index contributed by atoms with van der Waals surface area (Å²) in [6.07, 6.45) is 3.70. The average Bonchev–Trinajstić information content (AvgIpc) is 2.44. The Bertz CT molecular complexity index is 471. The Morgan fingerprint density at radius 2 is 2.05 bits per heavy atom. The highest BCUT2D eigenvalue weighted by molar-refractivity contribution is 9.10. The van der Waals surface area contributed by atoms with E-state index in [-0.39, 0.29) is 17.5 Å². The lowest BCUT2D eigenvalue weighted by molar-refractivity contribution is -0.135. The highest BCUT2D eigenvalue weighted by Crippen LogP contribution is 2.35. The van der Waals surface area contributed by atoms with Crippen LogP contribution in [0.5, 0.6) is 0 Å². The summed E-state index contributed by atoms with van der Waals surface area (Å²) in [6.45, 7) is 2.25. The predicted molar refractivity (Wildman–Crippen MR) is 79.5 cm³/mol. The normalized spacial score (nSPS) is 25.6. The van der Waals surface area contributed by atoms with Gasteiger partial charge in [0.05, 0.1) is 11.3 Å². The smallest absolute Gasteiger partial charge is 0.146 e. The number of rotatable bonds is 2. The third-order valence-electron chi connectivity index (χ3n) is 4.19. The number of hydrogen-bond acceptors (Lipinski definition) is 3. The van der Waals surface area contributed by atoms with Crippen molar-refractivity contribution >= 4 is 21.6 Å². The molecule has 1 aromatic rings. The van der Waals surface area contributed by atoms with Gasteiger partial charge in [-0.3, -0.25) is 0 Å². The molecular formula is C15H19BrFNO2. The topological polar surface area (TPSA) is 30.5 Å². The molecule has 1 spiro atoms. The standard InChI is InChI=1S/C15H19BrFNO2/c16-11-1-2-13(17)14(9-11)18-12-3-6-20-15(10-12)4-7-19-8-5-15/h1-2,9,12,18H,3-8,10H2. The van der Waals surface area contributed by atoms with Crippen molar-refractivity contribution in [1.82, 2.24) is 0 Å². The summed E-state index contributed by atoms with van der Waals surface area (Å²) in [7, 11) is 0. The number of benzene rings is 1. The quantitative estimate of drug-likeness (QED) is 0.887. The van der Waals surface area contributed by atoms with E-state index in [1.807, 2.05) is 0 Å². The van der Waals surface area contributed by atoms with E-state index in [0.29, 0.717) is 5.69 Å². The fourth-order valence-electron chi connectivity index (χ4n) is 3.07. The first-order valence-electron chi connectivity index (χ1n) is 7.10. The van der Waals surface area contributed by atoms with Crippen LogP contribution >= 0.6 is 15.9 Å². The molecule has 0 bridgehead atoms. The van der Waals surface area contributed by atoms with Crippen LogP contribution in [-0.2, 0) is 9.47 Å². The van der Waals surface area contributed by atoms with Crippen molar-refractivity contribution in [1.29, 1.82) is 0 Å². The first-order valence-corrected chi connectivity index (χ1v) is 7.89.